The lowest BCUT2D eigenvalue weighted by Gasteiger charge is -2.14. The van der Waals surface area contributed by atoms with Crippen molar-refractivity contribution < 1.29 is 13.9 Å². The fourth-order valence-electron chi connectivity index (χ4n) is 2.26. The Kier molecular flexibility index (Phi) is 5.27. The van der Waals surface area contributed by atoms with Gasteiger partial charge in [0.15, 0.2) is 11.0 Å². The molecule has 6 nitrogen and oxygen atoms in total. The molecule has 0 bridgehead atoms. The number of methoxy groups -OCH3 is 1. The molecule has 1 fully saturated rings. The van der Waals surface area contributed by atoms with E-state index in [0.717, 1.165) is 5.56 Å². The number of benzene rings is 1. The summed E-state index contributed by atoms with van der Waals surface area (Å²) in [6.07, 6.45) is 1.81. The smallest absolute Gasteiger partial charge is 0.239 e. The van der Waals surface area contributed by atoms with Crippen LogP contribution < -0.4 is 0 Å². The second kappa shape index (κ2) is 7.59. The first kappa shape index (κ1) is 16.7. The van der Waals surface area contributed by atoms with Crippen LogP contribution in [0.15, 0.2) is 41.5 Å². The summed E-state index contributed by atoms with van der Waals surface area (Å²) in [5.74, 6) is 0.697. The molecule has 8 heteroatoms. The van der Waals surface area contributed by atoms with Gasteiger partial charge in [-0.25, -0.2) is 9.38 Å². The van der Waals surface area contributed by atoms with Gasteiger partial charge < -0.3 is 4.74 Å². The molecule has 0 spiro atoms. The minimum Gasteiger partial charge on any atom is -0.383 e. The number of carbonyl (C=O) groups is 1. The Morgan fingerprint density at radius 2 is 2.12 bits per heavy atom. The third-order valence-corrected chi connectivity index (χ3v) is 4.43. The summed E-state index contributed by atoms with van der Waals surface area (Å²) in [6, 6.07) is 8.08. The summed E-state index contributed by atoms with van der Waals surface area (Å²) < 4.78 is 19.7. The van der Waals surface area contributed by atoms with E-state index in [0.29, 0.717) is 36.4 Å². The Morgan fingerprint density at radius 3 is 2.88 bits per heavy atom. The zero-order chi connectivity index (χ0) is 16.9. The number of halogens is 1. The van der Waals surface area contributed by atoms with Gasteiger partial charge in [-0.1, -0.05) is 23.9 Å². The van der Waals surface area contributed by atoms with Gasteiger partial charge in [-0.15, -0.1) is 0 Å². The van der Waals surface area contributed by atoms with Crippen LogP contribution in [0.1, 0.15) is 5.56 Å². The van der Waals surface area contributed by atoms with E-state index in [2.05, 4.69) is 10.1 Å². The van der Waals surface area contributed by atoms with E-state index in [1.54, 1.807) is 34.9 Å². The number of hydrogen-bond acceptors (Lipinski definition) is 5. The van der Waals surface area contributed by atoms with Crippen molar-refractivity contribution in [2.45, 2.75) is 6.54 Å². The summed E-state index contributed by atoms with van der Waals surface area (Å²) in [6.45, 7) is 1.48. The summed E-state index contributed by atoms with van der Waals surface area (Å²) in [5.41, 5.74) is 0.950. The van der Waals surface area contributed by atoms with E-state index in [9.17, 15) is 9.18 Å². The fourth-order valence-corrected chi connectivity index (χ4v) is 3.17. The second-order valence-corrected chi connectivity index (χ2v) is 6.16. The molecular formula is C16H17FN4O2S. The maximum Gasteiger partial charge on any atom is 0.239 e. The van der Waals surface area contributed by atoms with Gasteiger partial charge in [-0.3, -0.25) is 14.4 Å². The van der Waals surface area contributed by atoms with Gasteiger partial charge in [-0.05, 0) is 17.7 Å². The molecule has 0 unspecified atom stereocenters. The quantitative estimate of drug-likeness (QED) is 0.804. The number of nitrogens with zero attached hydrogens (tertiary/aromatic N) is 4. The number of aromatic nitrogens is 2. The maximum atomic E-state index is 12.9. The third kappa shape index (κ3) is 4.01. The number of hydrogen-bond donors (Lipinski definition) is 0. The second-order valence-electron chi connectivity index (χ2n) is 5.22. The molecule has 1 saturated heterocycles. The molecule has 0 N–H and O–H groups in total. The Morgan fingerprint density at radius 1 is 1.33 bits per heavy atom. The molecule has 126 valence electrons. The molecule has 3 rings (SSSR count). The SMILES string of the molecule is COCCN1C(=O)CSC1=Nc1ccn(Cc2ccc(F)cc2)n1. The number of aliphatic imine (C=N–C) groups is 1. The van der Waals surface area contributed by atoms with Crippen molar-refractivity contribution >= 4 is 28.7 Å². The lowest BCUT2D eigenvalue weighted by Crippen LogP contribution is -2.32. The summed E-state index contributed by atoms with van der Waals surface area (Å²) in [7, 11) is 1.60. The number of amidine groups is 1. The number of carbonyl (C=O) groups excluding carboxylic acids is 1. The van der Waals surface area contributed by atoms with Gasteiger partial charge in [-0.2, -0.15) is 5.10 Å². The molecule has 2 aromatic rings. The van der Waals surface area contributed by atoms with Gasteiger partial charge in [0.2, 0.25) is 5.91 Å². The van der Waals surface area contributed by atoms with E-state index >= 15 is 0 Å². The zero-order valence-corrected chi connectivity index (χ0v) is 14.0. The number of rotatable bonds is 6. The van der Waals surface area contributed by atoms with Crippen LogP contribution in [-0.4, -0.2) is 51.8 Å². The highest BCUT2D eigenvalue weighted by molar-refractivity contribution is 8.15. The van der Waals surface area contributed by atoms with E-state index < -0.39 is 0 Å². The Bertz CT molecular complexity index is 745. The summed E-state index contributed by atoms with van der Waals surface area (Å²) in [5, 5.41) is 5.03. The van der Waals surface area contributed by atoms with Crippen LogP contribution in [0.3, 0.4) is 0 Å². The molecule has 24 heavy (non-hydrogen) atoms. The van der Waals surface area contributed by atoms with Crippen LogP contribution in [0.2, 0.25) is 0 Å². The highest BCUT2D eigenvalue weighted by atomic mass is 32.2. The lowest BCUT2D eigenvalue weighted by molar-refractivity contribution is -0.124. The van der Waals surface area contributed by atoms with Crippen molar-refractivity contribution in [3.05, 3.63) is 47.9 Å². The largest absolute Gasteiger partial charge is 0.383 e. The normalized spacial score (nSPS) is 16.3. The van der Waals surface area contributed by atoms with Gasteiger partial charge in [0.1, 0.15) is 5.82 Å². The number of amides is 1. The van der Waals surface area contributed by atoms with Gasteiger partial charge >= 0.3 is 0 Å². The molecule has 0 saturated carbocycles. The van der Waals surface area contributed by atoms with E-state index in [1.807, 2.05) is 6.20 Å². The van der Waals surface area contributed by atoms with Crippen LogP contribution >= 0.6 is 11.8 Å². The summed E-state index contributed by atoms with van der Waals surface area (Å²) in [4.78, 5) is 17.9. The predicted octanol–water partition coefficient (Wildman–Crippen LogP) is 2.28. The maximum absolute atomic E-state index is 12.9. The van der Waals surface area contributed by atoms with Crippen LogP contribution in [0, 0.1) is 5.82 Å². The van der Waals surface area contributed by atoms with Crippen LogP contribution in [0.4, 0.5) is 10.2 Å². The third-order valence-electron chi connectivity index (χ3n) is 3.47. The number of ether oxygens (including phenoxy) is 1. The molecule has 2 heterocycles. The molecule has 0 radical (unpaired) electrons. The Labute approximate surface area is 143 Å². The van der Waals surface area contributed by atoms with Crippen molar-refractivity contribution in [3.63, 3.8) is 0 Å². The van der Waals surface area contributed by atoms with Crippen molar-refractivity contribution in [1.82, 2.24) is 14.7 Å². The number of thioether (sulfide) groups is 1. The average molecular weight is 348 g/mol. The summed E-state index contributed by atoms with van der Waals surface area (Å²) >= 11 is 1.40. The molecule has 1 aromatic carbocycles. The first-order valence-corrected chi connectivity index (χ1v) is 8.43. The first-order valence-electron chi connectivity index (χ1n) is 7.44. The van der Waals surface area contributed by atoms with E-state index in [1.165, 1.54) is 23.9 Å². The topological polar surface area (TPSA) is 59.7 Å². The monoisotopic (exact) mass is 348 g/mol. The van der Waals surface area contributed by atoms with Crippen molar-refractivity contribution in [2.24, 2.45) is 4.99 Å². The average Bonchev–Trinajstić information content (AvgIpc) is 3.15. The van der Waals surface area contributed by atoms with E-state index in [-0.39, 0.29) is 11.7 Å². The molecule has 1 aliphatic rings. The van der Waals surface area contributed by atoms with Crippen molar-refractivity contribution in [1.29, 1.82) is 0 Å². The highest BCUT2D eigenvalue weighted by Crippen LogP contribution is 2.22. The molecule has 0 atom stereocenters. The Hall–Kier alpha value is -2.19. The minimum absolute atomic E-state index is 0.0292. The van der Waals surface area contributed by atoms with Crippen molar-refractivity contribution in [3.8, 4) is 0 Å². The van der Waals surface area contributed by atoms with Gasteiger partial charge in [0.25, 0.3) is 0 Å². The molecule has 1 aromatic heterocycles. The van der Waals surface area contributed by atoms with Crippen LogP contribution in [0.25, 0.3) is 0 Å². The zero-order valence-electron chi connectivity index (χ0n) is 13.2. The fraction of sp³-hybridized carbons (Fsp3) is 0.312. The minimum atomic E-state index is -0.259. The highest BCUT2D eigenvalue weighted by Gasteiger charge is 2.27. The Balaban J connectivity index is 1.70. The van der Waals surface area contributed by atoms with Crippen LogP contribution in [-0.2, 0) is 16.1 Å². The van der Waals surface area contributed by atoms with Crippen molar-refractivity contribution in [2.75, 3.05) is 26.0 Å². The first-order chi connectivity index (χ1) is 11.7. The molecule has 0 aliphatic carbocycles. The van der Waals surface area contributed by atoms with Gasteiger partial charge in [0, 0.05) is 19.4 Å². The van der Waals surface area contributed by atoms with Crippen LogP contribution in [0.5, 0.6) is 0 Å². The lowest BCUT2D eigenvalue weighted by atomic mass is 10.2. The van der Waals surface area contributed by atoms with Gasteiger partial charge in [0.05, 0.1) is 25.4 Å². The standard InChI is InChI=1S/C16H17FN4O2S/c1-23-9-8-21-15(22)11-24-16(21)18-14-6-7-20(19-14)10-12-2-4-13(17)5-3-12/h2-7H,8-11H2,1H3. The van der Waals surface area contributed by atoms with E-state index in [4.69, 9.17) is 4.74 Å². The predicted molar refractivity (Wildman–Crippen MR) is 90.9 cm³/mol. The molecule has 1 aliphatic heterocycles. The molecular weight excluding hydrogens is 331 g/mol. The molecule has 1 amide bonds.